The fraction of sp³-hybridized carbons (Fsp3) is 0.938. The highest BCUT2D eigenvalue weighted by atomic mass is 35.5. The number of likely N-dealkylation sites (tertiary alicyclic amines) is 1. The minimum absolute atomic E-state index is 0.0854. The van der Waals surface area contributed by atoms with Crippen molar-refractivity contribution in [3.05, 3.63) is 0 Å². The first-order valence-corrected chi connectivity index (χ1v) is 9.46. The van der Waals surface area contributed by atoms with E-state index in [0.717, 1.165) is 0 Å². The molecule has 5 N–H and O–H groups in total. The third kappa shape index (κ3) is 4.54. The summed E-state index contributed by atoms with van der Waals surface area (Å²) in [5, 5.41) is 28.9. The van der Waals surface area contributed by atoms with Crippen LogP contribution in [0.15, 0.2) is 0 Å². The van der Waals surface area contributed by atoms with Gasteiger partial charge in [0.2, 0.25) is 0 Å². The Morgan fingerprint density at radius 3 is 2.25 bits per heavy atom. The van der Waals surface area contributed by atoms with Crippen molar-refractivity contribution in [1.29, 1.82) is 0 Å². The van der Waals surface area contributed by atoms with Crippen molar-refractivity contribution in [1.82, 2.24) is 4.90 Å². The largest absolute Gasteiger partial charge is 0.393 e. The van der Waals surface area contributed by atoms with Gasteiger partial charge in [0.15, 0.2) is 6.10 Å². The highest BCUT2D eigenvalue weighted by molar-refractivity contribution is 6.30. The molecule has 2 fully saturated rings. The number of carbonyl (C=O) groups is 1. The molecule has 1 saturated carbocycles. The monoisotopic (exact) mass is 382 g/mol. The highest BCUT2D eigenvalue weighted by Gasteiger charge is 2.41. The minimum atomic E-state index is -1.38. The van der Waals surface area contributed by atoms with Gasteiger partial charge in [-0.05, 0) is 38.5 Å². The summed E-state index contributed by atoms with van der Waals surface area (Å²) >= 11 is 12.3. The van der Waals surface area contributed by atoms with E-state index in [1.807, 2.05) is 0 Å². The van der Waals surface area contributed by atoms with Crippen LogP contribution in [0, 0.1) is 11.8 Å². The molecular weight excluding hydrogens is 355 g/mol. The number of aliphatic hydroxyl groups is 3. The van der Waals surface area contributed by atoms with E-state index in [2.05, 4.69) is 0 Å². The molecule has 0 spiro atoms. The van der Waals surface area contributed by atoms with Crippen LogP contribution in [-0.4, -0.2) is 74.3 Å². The van der Waals surface area contributed by atoms with Crippen LogP contribution >= 0.6 is 23.2 Å². The average molecular weight is 383 g/mol. The number of hydrogen-bond donors (Lipinski definition) is 4. The van der Waals surface area contributed by atoms with Crippen molar-refractivity contribution in [3.63, 3.8) is 0 Å². The first-order chi connectivity index (χ1) is 11.2. The summed E-state index contributed by atoms with van der Waals surface area (Å²) in [7, 11) is 0. The Morgan fingerprint density at radius 2 is 1.71 bits per heavy atom. The quantitative estimate of drug-likeness (QED) is 0.522. The van der Waals surface area contributed by atoms with E-state index in [1.54, 1.807) is 4.90 Å². The van der Waals surface area contributed by atoms with Crippen LogP contribution in [-0.2, 0) is 4.79 Å². The Morgan fingerprint density at radius 1 is 1.17 bits per heavy atom. The standard InChI is InChI=1S/C16H28Cl2N2O4/c1-8(21)15(23)16(24)20-4-2-9(3-5-20)14(19)10-6-11(17)12(18)7-13(10)22/h8-15,21-23H,2-7,19H2,1H3/t8-,10?,11?,12?,13?,14-,15+/m1/s1. The van der Waals surface area contributed by atoms with Gasteiger partial charge in [0.05, 0.1) is 23.0 Å². The number of carbonyl (C=O) groups excluding carboxylic acids is 1. The van der Waals surface area contributed by atoms with Gasteiger partial charge in [0, 0.05) is 25.0 Å². The maximum Gasteiger partial charge on any atom is 0.254 e. The number of aliphatic hydroxyl groups excluding tert-OH is 3. The third-order valence-corrected chi connectivity index (χ3v) is 6.54. The summed E-state index contributed by atoms with van der Waals surface area (Å²) in [4.78, 5) is 13.6. The molecule has 1 aliphatic carbocycles. The number of hydrogen-bond acceptors (Lipinski definition) is 5. The first kappa shape index (κ1) is 20.2. The zero-order valence-corrected chi connectivity index (χ0v) is 15.4. The van der Waals surface area contributed by atoms with Crippen molar-refractivity contribution in [3.8, 4) is 0 Å². The Hall–Kier alpha value is -0.110. The lowest BCUT2D eigenvalue weighted by molar-refractivity contribution is -0.147. The van der Waals surface area contributed by atoms with E-state index < -0.39 is 24.2 Å². The predicted molar refractivity (Wildman–Crippen MR) is 93.0 cm³/mol. The molecule has 140 valence electrons. The summed E-state index contributed by atoms with van der Waals surface area (Å²) in [6.45, 7) is 2.38. The summed E-state index contributed by atoms with van der Waals surface area (Å²) in [5.41, 5.74) is 6.40. The van der Waals surface area contributed by atoms with Gasteiger partial charge < -0.3 is 26.0 Å². The second-order valence-electron chi connectivity index (χ2n) is 7.16. The van der Waals surface area contributed by atoms with Gasteiger partial charge in [0.1, 0.15) is 0 Å². The van der Waals surface area contributed by atoms with E-state index >= 15 is 0 Å². The molecule has 0 aromatic heterocycles. The Kier molecular flexibility index (Phi) is 7.17. The van der Waals surface area contributed by atoms with Crippen LogP contribution in [0.25, 0.3) is 0 Å². The number of nitrogens with zero attached hydrogens (tertiary/aromatic N) is 1. The van der Waals surface area contributed by atoms with Crippen molar-refractivity contribution < 1.29 is 20.1 Å². The van der Waals surface area contributed by atoms with E-state index in [0.29, 0.717) is 38.8 Å². The lowest BCUT2D eigenvalue weighted by atomic mass is 9.74. The summed E-state index contributed by atoms with van der Waals surface area (Å²) < 4.78 is 0. The first-order valence-electron chi connectivity index (χ1n) is 8.59. The molecule has 1 saturated heterocycles. The number of alkyl halides is 2. The molecule has 6 nitrogen and oxygen atoms in total. The van der Waals surface area contributed by atoms with Gasteiger partial charge in [-0.15, -0.1) is 23.2 Å². The molecule has 2 rings (SSSR count). The highest BCUT2D eigenvalue weighted by Crippen LogP contribution is 2.36. The van der Waals surface area contributed by atoms with Gasteiger partial charge in [-0.3, -0.25) is 4.79 Å². The van der Waals surface area contributed by atoms with Crippen LogP contribution in [0.4, 0.5) is 0 Å². The smallest absolute Gasteiger partial charge is 0.254 e. The molecule has 1 amide bonds. The van der Waals surface area contributed by atoms with Gasteiger partial charge >= 0.3 is 0 Å². The van der Waals surface area contributed by atoms with Crippen LogP contribution < -0.4 is 5.73 Å². The number of halogens is 2. The molecule has 1 heterocycles. The molecule has 0 aromatic rings. The number of piperidine rings is 1. The molecule has 24 heavy (non-hydrogen) atoms. The summed E-state index contributed by atoms with van der Waals surface area (Å²) in [6, 6.07) is -0.190. The molecule has 2 aliphatic rings. The van der Waals surface area contributed by atoms with Gasteiger partial charge in [0.25, 0.3) is 5.91 Å². The van der Waals surface area contributed by atoms with Gasteiger partial charge in [-0.25, -0.2) is 0 Å². The predicted octanol–water partition coefficient (Wildman–Crippen LogP) is 0.280. The van der Waals surface area contributed by atoms with Gasteiger partial charge in [-0.1, -0.05) is 0 Å². The van der Waals surface area contributed by atoms with Crippen LogP contribution in [0.1, 0.15) is 32.6 Å². The van der Waals surface area contributed by atoms with Crippen LogP contribution in [0.5, 0.6) is 0 Å². The second-order valence-corrected chi connectivity index (χ2v) is 8.28. The van der Waals surface area contributed by atoms with Crippen molar-refractivity contribution in [2.45, 2.75) is 67.7 Å². The van der Waals surface area contributed by atoms with E-state index in [9.17, 15) is 20.1 Å². The Labute approximate surface area is 152 Å². The molecule has 1 aliphatic heterocycles. The molecule has 8 heteroatoms. The molecule has 7 atom stereocenters. The van der Waals surface area contributed by atoms with Crippen molar-refractivity contribution in [2.75, 3.05) is 13.1 Å². The third-order valence-electron chi connectivity index (χ3n) is 5.45. The van der Waals surface area contributed by atoms with Crippen molar-refractivity contribution >= 4 is 29.1 Å². The SMILES string of the molecule is C[C@@H](O)[C@H](O)C(=O)N1CCC([C@@H](N)C2CC(Cl)C(Cl)CC2O)CC1. The maximum absolute atomic E-state index is 12.1. The number of rotatable bonds is 4. The topological polar surface area (TPSA) is 107 Å². The number of amides is 1. The van der Waals surface area contributed by atoms with Crippen molar-refractivity contribution in [2.24, 2.45) is 17.6 Å². The fourth-order valence-electron chi connectivity index (χ4n) is 3.78. The molecule has 0 bridgehead atoms. The lowest BCUT2D eigenvalue weighted by Gasteiger charge is -2.42. The zero-order chi connectivity index (χ0) is 18.0. The Bertz CT molecular complexity index is 432. The molecule has 0 radical (unpaired) electrons. The van der Waals surface area contributed by atoms with E-state index in [-0.39, 0.29) is 28.6 Å². The van der Waals surface area contributed by atoms with E-state index in [4.69, 9.17) is 28.9 Å². The second kappa shape index (κ2) is 8.52. The summed E-state index contributed by atoms with van der Waals surface area (Å²) in [5.74, 6) is -0.341. The average Bonchev–Trinajstić information content (AvgIpc) is 2.56. The fourth-order valence-corrected chi connectivity index (χ4v) is 4.37. The minimum Gasteiger partial charge on any atom is -0.393 e. The zero-order valence-electron chi connectivity index (χ0n) is 13.9. The number of nitrogens with two attached hydrogens (primary N) is 1. The molecular formula is C16H28Cl2N2O4. The van der Waals surface area contributed by atoms with Gasteiger partial charge in [-0.2, -0.15) is 0 Å². The van der Waals surface area contributed by atoms with Crippen LogP contribution in [0.2, 0.25) is 0 Å². The maximum atomic E-state index is 12.1. The van der Waals surface area contributed by atoms with Crippen LogP contribution in [0.3, 0.4) is 0 Å². The van der Waals surface area contributed by atoms with E-state index in [1.165, 1.54) is 6.92 Å². The molecule has 0 aromatic carbocycles. The summed E-state index contributed by atoms with van der Waals surface area (Å²) in [6.07, 6.45) is -0.551. The molecule has 4 unspecified atom stereocenters. The Balaban J connectivity index is 1.88. The lowest BCUT2D eigenvalue weighted by Crippen LogP contribution is -2.53. The normalized spacial score (nSPS) is 36.2.